The second-order valence-corrected chi connectivity index (χ2v) is 9.93. The predicted octanol–water partition coefficient (Wildman–Crippen LogP) is 3.14. The number of aromatic nitrogens is 7. The zero-order valence-electron chi connectivity index (χ0n) is 16.7. The summed E-state index contributed by atoms with van der Waals surface area (Å²) in [6.45, 7) is 2.48. The minimum absolute atomic E-state index is 0.354. The van der Waals surface area contributed by atoms with Crippen LogP contribution in [0.2, 0.25) is 0 Å². The lowest BCUT2D eigenvalue weighted by molar-refractivity contribution is 0.684. The lowest BCUT2D eigenvalue weighted by Gasteiger charge is -2.05. The van der Waals surface area contributed by atoms with Gasteiger partial charge in [0.1, 0.15) is 0 Å². The fourth-order valence-corrected chi connectivity index (χ4v) is 5.60. The van der Waals surface area contributed by atoms with Gasteiger partial charge in [-0.25, -0.2) is 19.3 Å². The van der Waals surface area contributed by atoms with E-state index in [-0.39, 0.29) is 5.56 Å². The minimum Gasteiger partial charge on any atom is -0.313 e. The summed E-state index contributed by atoms with van der Waals surface area (Å²) < 4.78 is 7.83. The Morgan fingerprint density at radius 3 is 2.52 bits per heavy atom. The number of fused-ring (bicyclic) bond motifs is 2. The molecule has 0 spiro atoms. The zero-order chi connectivity index (χ0) is 21.9. The molecule has 5 rings (SSSR count). The smallest absolute Gasteiger partial charge is 0.313 e. The summed E-state index contributed by atoms with van der Waals surface area (Å²) in [6, 6.07) is 7.95. The van der Waals surface area contributed by atoms with Gasteiger partial charge in [-0.1, -0.05) is 39.4 Å². The summed E-state index contributed by atoms with van der Waals surface area (Å²) >= 11 is 6.24. The van der Waals surface area contributed by atoms with E-state index in [1.54, 1.807) is 11.6 Å². The van der Waals surface area contributed by atoms with Crippen molar-refractivity contribution in [1.29, 1.82) is 0 Å². The molecule has 0 aliphatic carbocycles. The van der Waals surface area contributed by atoms with E-state index in [2.05, 4.69) is 31.0 Å². The van der Waals surface area contributed by atoms with E-state index in [9.17, 15) is 9.59 Å². The molecule has 1 aromatic carbocycles. The van der Waals surface area contributed by atoms with Gasteiger partial charge in [0, 0.05) is 30.7 Å². The molecule has 5 aromatic rings. The van der Waals surface area contributed by atoms with Crippen LogP contribution < -0.4 is 11.2 Å². The molecule has 0 saturated carbocycles. The summed E-state index contributed by atoms with van der Waals surface area (Å²) in [6.07, 6.45) is 1.89. The standard InChI is InChI=1S/C19H16BrN7O2S2/c1-4-26-13-14(24(2)19(29)25(3)15(13)28)22-16(26)30-18-23-27-9-12(21-17(27)31-18)10-5-7-11(20)8-6-10/h5-9H,4H2,1-3H3. The predicted molar refractivity (Wildman–Crippen MR) is 124 cm³/mol. The average Bonchev–Trinajstić information content (AvgIpc) is 3.42. The molecule has 4 aromatic heterocycles. The van der Waals surface area contributed by atoms with Gasteiger partial charge in [0.05, 0.1) is 11.9 Å². The van der Waals surface area contributed by atoms with Crippen molar-refractivity contribution in [2.24, 2.45) is 14.1 Å². The Hall–Kier alpha value is -2.70. The summed E-state index contributed by atoms with van der Waals surface area (Å²) in [5.41, 5.74) is 1.89. The molecule has 0 unspecified atom stereocenters. The van der Waals surface area contributed by atoms with Crippen LogP contribution in [-0.4, -0.2) is 33.3 Å². The maximum atomic E-state index is 12.7. The molecule has 0 amide bonds. The number of benzene rings is 1. The largest absolute Gasteiger partial charge is 0.332 e. The Labute approximate surface area is 192 Å². The maximum absolute atomic E-state index is 12.7. The molecular formula is C19H16BrN7O2S2. The molecule has 0 bridgehead atoms. The molecule has 0 fully saturated rings. The molecule has 31 heavy (non-hydrogen) atoms. The van der Waals surface area contributed by atoms with Crippen LogP contribution in [0.1, 0.15) is 6.92 Å². The van der Waals surface area contributed by atoms with Gasteiger partial charge in [0.15, 0.2) is 20.7 Å². The SMILES string of the molecule is CCn1c(Sc2nn3cc(-c4ccc(Br)cc4)nc3s2)nc2c1c(=O)n(C)c(=O)n2C. The number of halogens is 1. The van der Waals surface area contributed by atoms with Crippen molar-refractivity contribution >= 4 is 55.2 Å². The third kappa shape index (κ3) is 3.25. The molecule has 158 valence electrons. The van der Waals surface area contributed by atoms with Gasteiger partial charge in [-0.05, 0) is 30.8 Å². The van der Waals surface area contributed by atoms with Crippen LogP contribution in [0.15, 0.2) is 54.0 Å². The van der Waals surface area contributed by atoms with Gasteiger partial charge < -0.3 is 4.57 Å². The topological polar surface area (TPSA) is 92.0 Å². The van der Waals surface area contributed by atoms with Crippen LogP contribution in [0, 0.1) is 0 Å². The first-order valence-electron chi connectivity index (χ1n) is 9.33. The lowest BCUT2D eigenvalue weighted by Crippen LogP contribution is -2.37. The molecule has 12 heteroatoms. The van der Waals surface area contributed by atoms with E-state index in [1.807, 2.05) is 42.0 Å². The number of nitrogens with zero attached hydrogens (tertiary/aromatic N) is 7. The Morgan fingerprint density at radius 2 is 1.84 bits per heavy atom. The van der Waals surface area contributed by atoms with Gasteiger partial charge in [-0.2, -0.15) is 0 Å². The van der Waals surface area contributed by atoms with Crippen LogP contribution in [0.4, 0.5) is 0 Å². The van der Waals surface area contributed by atoms with E-state index >= 15 is 0 Å². The summed E-state index contributed by atoms with van der Waals surface area (Å²) in [5, 5.41) is 5.23. The van der Waals surface area contributed by atoms with Gasteiger partial charge in [-0.15, -0.1) is 5.10 Å². The average molecular weight is 518 g/mol. The Kier molecular flexibility index (Phi) is 4.87. The van der Waals surface area contributed by atoms with E-state index in [0.29, 0.717) is 22.9 Å². The van der Waals surface area contributed by atoms with E-state index < -0.39 is 5.69 Å². The molecule has 0 atom stereocenters. The van der Waals surface area contributed by atoms with Crippen molar-refractivity contribution in [3.05, 3.63) is 55.8 Å². The number of rotatable bonds is 4. The highest BCUT2D eigenvalue weighted by atomic mass is 79.9. The lowest BCUT2D eigenvalue weighted by atomic mass is 10.2. The third-order valence-corrected chi connectivity index (χ3v) is 7.47. The van der Waals surface area contributed by atoms with Crippen LogP contribution in [0.3, 0.4) is 0 Å². The van der Waals surface area contributed by atoms with Crippen molar-refractivity contribution in [3.8, 4) is 11.3 Å². The van der Waals surface area contributed by atoms with Crippen LogP contribution in [-0.2, 0) is 20.6 Å². The highest BCUT2D eigenvalue weighted by Crippen LogP contribution is 2.33. The fourth-order valence-electron chi connectivity index (χ4n) is 3.36. The molecule has 9 nitrogen and oxygen atoms in total. The molecule has 0 aliphatic heterocycles. The van der Waals surface area contributed by atoms with Gasteiger partial charge in [0.25, 0.3) is 5.56 Å². The van der Waals surface area contributed by atoms with Crippen molar-refractivity contribution in [1.82, 2.24) is 33.3 Å². The Bertz CT molecular complexity index is 1540. The van der Waals surface area contributed by atoms with Crippen molar-refractivity contribution in [2.45, 2.75) is 23.0 Å². The molecule has 0 aliphatic rings. The van der Waals surface area contributed by atoms with Crippen molar-refractivity contribution in [2.75, 3.05) is 0 Å². The van der Waals surface area contributed by atoms with Crippen molar-refractivity contribution < 1.29 is 0 Å². The van der Waals surface area contributed by atoms with Gasteiger partial charge >= 0.3 is 5.69 Å². The first-order valence-corrected chi connectivity index (χ1v) is 11.8. The maximum Gasteiger partial charge on any atom is 0.332 e. The number of aryl methyl sites for hydroxylation is 2. The second-order valence-electron chi connectivity index (χ2n) is 6.85. The zero-order valence-corrected chi connectivity index (χ0v) is 20.0. The van der Waals surface area contributed by atoms with E-state index in [0.717, 1.165) is 29.6 Å². The normalized spacial score (nSPS) is 11.7. The summed E-state index contributed by atoms with van der Waals surface area (Å²) in [5.74, 6) is 0. The van der Waals surface area contributed by atoms with E-state index in [1.165, 1.54) is 34.7 Å². The van der Waals surface area contributed by atoms with E-state index in [4.69, 9.17) is 0 Å². The van der Waals surface area contributed by atoms with Crippen LogP contribution >= 0.6 is 39.0 Å². The highest BCUT2D eigenvalue weighted by Gasteiger charge is 2.20. The molecule has 0 radical (unpaired) electrons. The van der Waals surface area contributed by atoms with Gasteiger partial charge in [0.2, 0.25) is 4.96 Å². The molecule has 0 saturated heterocycles. The Balaban J connectivity index is 1.55. The first-order chi connectivity index (χ1) is 14.9. The monoisotopic (exact) mass is 517 g/mol. The molecule has 0 N–H and O–H groups in total. The highest BCUT2D eigenvalue weighted by molar-refractivity contribution is 9.10. The molecular weight excluding hydrogens is 502 g/mol. The quantitative estimate of drug-likeness (QED) is 0.363. The Morgan fingerprint density at radius 1 is 1.10 bits per heavy atom. The van der Waals surface area contributed by atoms with Crippen LogP contribution in [0.25, 0.3) is 27.4 Å². The first kappa shape index (κ1) is 20.2. The van der Waals surface area contributed by atoms with Gasteiger partial charge in [-0.3, -0.25) is 13.9 Å². The second kappa shape index (κ2) is 7.46. The number of imidazole rings is 2. The van der Waals surface area contributed by atoms with Crippen molar-refractivity contribution in [3.63, 3.8) is 0 Å². The fraction of sp³-hybridized carbons (Fsp3) is 0.211. The summed E-state index contributed by atoms with van der Waals surface area (Å²) in [4.78, 5) is 35.0. The van der Waals surface area contributed by atoms with Crippen LogP contribution in [0.5, 0.6) is 0 Å². The minimum atomic E-state index is -0.400. The third-order valence-electron chi connectivity index (χ3n) is 4.97. The molecule has 4 heterocycles. The summed E-state index contributed by atoms with van der Waals surface area (Å²) in [7, 11) is 3.09. The number of hydrogen-bond donors (Lipinski definition) is 0. The number of hydrogen-bond acceptors (Lipinski definition) is 7.